The number of carbonyl (C=O) groups is 1. The number of aliphatic carboxylic acids is 1. The van der Waals surface area contributed by atoms with Gasteiger partial charge in [-0.1, -0.05) is 11.8 Å². The number of aromatic amines is 1. The van der Waals surface area contributed by atoms with E-state index in [9.17, 15) is 4.79 Å². The fourth-order valence-corrected chi connectivity index (χ4v) is 2.48. The van der Waals surface area contributed by atoms with Crippen LogP contribution in [0.15, 0.2) is 11.2 Å². The smallest absolute Gasteiger partial charge is 0.313 e. The molecule has 1 aliphatic carbocycles. The number of H-pyrrole nitrogens is 1. The van der Waals surface area contributed by atoms with E-state index in [1.54, 1.807) is 4.57 Å². The number of rotatable bonds is 5. The first kappa shape index (κ1) is 12.2. The van der Waals surface area contributed by atoms with Crippen molar-refractivity contribution in [2.24, 2.45) is 7.05 Å². The molecule has 0 spiro atoms. The van der Waals surface area contributed by atoms with Crippen molar-refractivity contribution in [3.63, 3.8) is 0 Å². The third kappa shape index (κ3) is 2.48. The lowest BCUT2D eigenvalue weighted by molar-refractivity contribution is -0.133. The maximum absolute atomic E-state index is 10.6. The van der Waals surface area contributed by atoms with Gasteiger partial charge in [0, 0.05) is 18.7 Å². The van der Waals surface area contributed by atoms with Crippen LogP contribution in [0.4, 0.5) is 0 Å². The Balaban J connectivity index is 1.81. The van der Waals surface area contributed by atoms with Gasteiger partial charge in [-0.15, -0.1) is 10.2 Å². The zero-order valence-electron chi connectivity index (χ0n) is 10.3. The summed E-state index contributed by atoms with van der Waals surface area (Å²) >= 11 is 1.15. The normalized spacial score (nSPS) is 14.8. The SMILES string of the molecule is Cn1c(SCC(=O)O)nnc1-c1cc(C2CC2)[nH]n1. The summed E-state index contributed by atoms with van der Waals surface area (Å²) in [6.45, 7) is 0. The van der Waals surface area contributed by atoms with Crippen LogP contribution in [0.5, 0.6) is 0 Å². The van der Waals surface area contributed by atoms with Crippen molar-refractivity contribution in [1.29, 1.82) is 0 Å². The molecule has 2 heterocycles. The standard InChI is InChI=1S/C11H13N5O2S/c1-16-10(14-15-11(16)19-5-9(17)18)8-4-7(12-13-8)6-2-3-6/h4,6H,2-3,5H2,1H3,(H,12,13)(H,17,18). The topological polar surface area (TPSA) is 96.7 Å². The molecular formula is C11H13N5O2S. The Bertz CT molecular complexity index is 616. The van der Waals surface area contributed by atoms with E-state index in [0.717, 1.165) is 23.1 Å². The third-order valence-electron chi connectivity index (χ3n) is 3.00. The van der Waals surface area contributed by atoms with E-state index in [1.165, 1.54) is 12.8 Å². The third-order valence-corrected chi connectivity index (χ3v) is 4.01. The second-order valence-electron chi connectivity index (χ2n) is 4.53. The lowest BCUT2D eigenvalue weighted by Gasteiger charge is -1.99. The van der Waals surface area contributed by atoms with Gasteiger partial charge in [-0.25, -0.2) is 0 Å². The van der Waals surface area contributed by atoms with Gasteiger partial charge in [0.25, 0.3) is 0 Å². The lowest BCUT2D eigenvalue weighted by Crippen LogP contribution is -2.01. The van der Waals surface area contributed by atoms with Crippen LogP contribution >= 0.6 is 11.8 Å². The second-order valence-corrected chi connectivity index (χ2v) is 5.47. The molecule has 100 valence electrons. The second kappa shape index (κ2) is 4.69. The minimum atomic E-state index is -0.870. The van der Waals surface area contributed by atoms with Crippen LogP contribution in [-0.2, 0) is 11.8 Å². The molecule has 7 nitrogen and oxygen atoms in total. The van der Waals surface area contributed by atoms with Crippen LogP contribution in [0, 0.1) is 0 Å². The molecule has 0 aromatic carbocycles. The molecule has 0 atom stereocenters. The highest BCUT2D eigenvalue weighted by atomic mass is 32.2. The Labute approximate surface area is 113 Å². The quantitative estimate of drug-likeness (QED) is 0.800. The van der Waals surface area contributed by atoms with Crippen molar-refractivity contribution >= 4 is 17.7 Å². The van der Waals surface area contributed by atoms with Crippen LogP contribution in [0.25, 0.3) is 11.5 Å². The fraction of sp³-hybridized carbons (Fsp3) is 0.455. The lowest BCUT2D eigenvalue weighted by atomic mass is 10.2. The number of carboxylic acid groups (broad SMARTS) is 1. The molecule has 19 heavy (non-hydrogen) atoms. The molecule has 2 aromatic rings. The Hall–Kier alpha value is -1.83. The minimum absolute atomic E-state index is 0.0279. The van der Waals surface area contributed by atoms with E-state index < -0.39 is 5.97 Å². The van der Waals surface area contributed by atoms with Crippen molar-refractivity contribution in [1.82, 2.24) is 25.0 Å². The molecule has 1 aliphatic rings. The van der Waals surface area contributed by atoms with E-state index in [-0.39, 0.29) is 5.75 Å². The van der Waals surface area contributed by atoms with Gasteiger partial charge in [-0.3, -0.25) is 9.89 Å². The number of hydrogen-bond acceptors (Lipinski definition) is 5. The summed E-state index contributed by atoms with van der Waals surface area (Å²) in [5.41, 5.74) is 1.89. The zero-order valence-corrected chi connectivity index (χ0v) is 11.1. The van der Waals surface area contributed by atoms with Gasteiger partial charge in [0.2, 0.25) is 0 Å². The van der Waals surface area contributed by atoms with E-state index >= 15 is 0 Å². The van der Waals surface area contributed by atoms with E-state index in [0.29, 0.717) is 16.9 Å². The van der Waals surface area contributed by atoms with Gasteiger partial charge in [-0.2, -0.15) is 5.10 Å². The average molecular weight is 279 g/mol. The van der Waals surface area contributed by atoms with Crippen molar-refractivity contribution in [3.8, 4) is 11.5 Å². The predicted molar refractivity (Wildman–Crippen MR) is 68.9 cm³/mol. The highest BCUT2D eigenvalue weighted by Gasteiger charge is 2.26. The van der Waals surface area contributed by atoms with E-state index in [2.05, 4.69) is 20.4 Å². The largest absolute Gasteiger partial charge is 0.481 e. The number of aromatic nitrogens is 5. The number of carboxylic acids is 1. The molecule has 1 fully saturated rings. The zero-order chi connectivity index (χ0) is 13.4. The summed E-state index contributed by atoms with van der Waals surface area (Å²) in [7, 11) is 1.81. The van der Waals surface area contributed by atoms with E-state index in [4.69, 9.17) is 5.11 Å². The molecule has 0 radical (unpaired) electrons. The Morgan fingerprint density at radius 3 is 3.05 bits per heavy atom. The highest BCUT2D eigenvalue weighted by Crippen LogP contribution is 2.39. The predicted octanol–water partition coefficient (Wildman–Crippen LogP) is 1.26. The molecular weight excluding hydrogens is 266 g/mol. The molecule has 3 rings (SSSR count). The molecule has 0 saturated heterocycles. The Morgan fingerprint density at radius 1 is 1.58 bits per heavy atom. The van der Waals surface area contributed by atoms with Gasteiger partial charge in [-0.05, 0) is 18.9 Å². The Morgan fingerprint density at radius 2 is 2.37 bits per heavy atom. The van der Waals surface area contributed by atoms with Crippen molar-refractivity contribution in [2.75, 3.05) is 5.75 Å². The van der Waals surface area contributed by atoms with Gasteiger partial charge in [0.15, 0.2) is 11.0 Å². The minimum Gasteiger partial charge on any atom is -0.481 e. The molecule has 2 aromatic heterocycles. The Kier molecular flexibility index (Phi) is 3.02. The van der Waals surface area contributed by atoms with Crippen molar-refractivity contribution < 1.29 is 9.90 Å². The molecule has 0 unspecified atom stereocenters. The van der Waals surface area contributed by atoms with Gasteiger partial charge >= 0.3 is 5.97 Å². The summed E-state index contributed by atoms with van der Waals surface area (Å²) in [6, 6.07) is 1.99. The van der Waals surface area contributed by atoms with Crippen molar-refractivity contribution in [3.05, 3.63) is 11.8 Å². The first-order valence-electron chi connectivity index (χ1n) is 5.95. The number of thioether (sulfide) groups is 1. The summed E-state index contributed by atoms with van der Waals surface area (Å²) < 4.78 is 1.76. The van der Waals surface area contributed by atoms with Crippen molar-refractivity contribution in [2.45, 2.75) is 23.9 Å². The summed E-state index contributed by atoms with van der Waals surface area (Å²) in [5, 5.41) is 24.6. The maximum atomic E-state index is 10.6. The van der Waals surface area contributed by atoms with Crippen LogP contribution in [0.3, 0.4) is 0 Å². The van der Waals surface area contributed by atoms with Crippen LogP contribution in [0.1, 0.15) is 24.5 Å². The first-order chi connectivity index (χ1) is 9.15. The fourth-order valence-electron chi connectivity index (χ4n) is 1.84. The first-order valence-corrected chi connectivity index (χ1v) is 6.93. The molecule has 1 saturated carbocycles. The van der Waals surface area contributed by atoms with Gasteiger partial charge in [0.05, 0.1) is 5.75 Å². The van der Waals surface area contributed by atoms with Crippen LogP contribution in [0.2, 0.25) is 0 Å². The summed E-state index contributed by atoms with van der Waals surface area (Å²) in [4.78, 5) is 10.6. The molecule has 8 heteroatoms. The van der Waals surface area contributed by atoms with E-state index in [1.807, 2.05) is 13.1 Å². The van der Waals surface area contributed by atoms with Crippen LogP contribution in [-0.4, -0.2) is 41.8 Å². The maximum Gasteiger partial charge on any atom is 0.313 e. The molecule has 0 amide bonds. The number of nitrogens with one attached hydrogen (secondary N) is 1. The number of hydrogen-bond donors (Lipinski definition) is 2. The van der Waals surface area contributed by atoms with Gasteiger partial charge in [0.1, 0.15) is 5.69 Å². The molecule has 2 N–H and O–H groups in total. The van der Waals surface area contributed by atoms with Crippen LogP contribution < -0.4 is 0 Å². The summed E-state index contributed by atoms with van der Waals surface area (Å²) in [6.07, 6.45) is 2.42. The highest BCUT2D eigenvalue weighted by molar-refractivity contribution is 7.99. The number of nitrogens with zero attached hydrogens (tertiary/aromatic N) is 4. The average Bonchev–Trinajstić information content (AvgIpc) is 3.00. The monoisotopic (exact) mass is 279 g/mol. The summed E-state index contributed by atoms with van der Waals surface area (Å²) in [5.74, 6) is 0.358. The molecule has 0 aliphatic heterocycles. The van der Waals surface area contributed by atoms with Gasteiger partial charge < -0.3 is 9.67 Å². The molecule has 0 bridgehead atoms.